The summed E-state index contributed by atoms with van der Waals surface area (Å²) in [6.07, 6.45) is 2.08. The van der Waals surface area contributed by atoms with E-state index < -0.39 is 0 Å². The standard InChI is InChI=1S/C14H20ClN3O/c1-9-5-6-18(10(2)7-9)14(19)12-8-11(15)3-4-13(12)17-16/h3-4,8-10,17H,5-7,16H2,1-2H3. The zero-order valence-corrected chi connectivity index (χ0v) is 12.1. The molecule has 1 amide bonds. The minimum absolute atomic E-state index is 0.00477. The summed E-state index contributed by atoms with van der Waals surface area (Å²) in [4.78, 5) is 14.5. The Kier molecular flexibility index (Phi) is 4.32. The molecule has 0 aromatic heterocycles. The van der Waals surface area contributed by atoms with Crippen molar-refractivity contribution in [3.8, 4) is 0 Å². The summed E-state index contributed by atoms with van der Waals surface area (Å²) in [7, 11) is 0. The van der Waals surface area contributed by atoms with Gasteiger partial charge in [0.15, 0.2) is 0 Å². The van der Waals surface area contributed by atoms with Crippen molar-refractivity contribution in [3.63, 3.8) is 0 Å². The van der Waals surface area contributed by atoms with Crippen molar-refractivity contribution in [3.05, 3.63) is 28.8 Å². The number of hydrogen-bond donors (Lipinski definition) is 2. The van der Waals surface area contributed by atoms with Gasteiger partial charge >= 0.3 is 0 Å². The fraction of sp³-hybridized carbons (Fsp3) is 0.500. The number of carbonyl (C=O) groups is 1. The molecule has 1 fully saturated rings. The van der Waals surface area contributed by atoms with E-state index in [1.807, 2.05) is 4.90 Å². The zero-order chi connectivity index (χ0) is 14.0. The SMILES string of the molecule is CC1CCN(C(=O)c2cc(Cl)ccc2NN)C(C)C1. The maximum atomic E-state index is 12.6. The Morgan fingerprint density at radius 2 is 2.21 bits per heavy atom. The van der Waals surface area contributed by atoms with Crippen molar-refractivity contribution in [2.24, 2.45) is 11.8 Å². The molecule has 3 N–H and O–H groups in total. The number of nitrogen functional groups attached to an aromatic ring is 1. The molecule has 0 radical (unpaired) electrons. The largest absolute Gasteiger partial charge is 0.336 e. The number of hydrazine groups is 1. The minimum Gasteiger partial charge on any atom is -0.336 e. The minimum atomic E-state index is -0.00477. The highest BCUT2D eigenvalue weighted by molar-refractivity contribution is 6.31. The Hall–Kier alpha value is -1.26. The number of halogens is 1. The molecule has 0 spiro atoms. The molecule has 1 aromatic rings. The van der Waals surface area contributed by atoms with Crippen LogP contribution in [0.3, 0.4) is 0 Å². The van der Waals surface area contributed by atoms with E-state index in [4.69, 9.17) is 17.4 Å². The molecule has 1 aliphatic rings. The molecule has 19 heavy (non-hydrogen) atoms. The molecule has 0 saturated carbocycles. The third kappa shape index (κ3) is 3.01. The molecule has 1 aromatic carbocycles. The molecule has 2 atom stereocenters. The maximum Gasteiger partial charge on any atom is 0.256 e. The van der Waals surface area contributed by atoms with Crippen LogP contribution in [0.2, 0.25) is 5.02 Å². The van der Waals surface area contributed by atoms with Crippen molar-refractivity contribution in [1.82, 2.24) is 4.90 Å². The summed E-state index contributed by atoms with van der Waals surface area (Å²) in [6.45, 7) is 5.11. The van der Waals surface area contributed by atoms with Crippen LogP contribution >= 0.6 is 11.6 Å². The number of carbonyl (C=O) groups excluding carboxylic acids is 1. The van der Waals surface area contributed by atoms with Crippen LogP contribution in [0.15, 0.2) is 18.2 Å². The number of hydrogen-bond acceptors (Lipinski definition) is 3. The predicted octanol–water partition coefficient (Wildman–Crippen LogP) is 2.89. The lowest BCUT2D eigenvalue weighted by molar-refractivity contribution is 0.0589. The molecule has 0 aliphatic carbocycles. The average molecular weight is 282 g/mol. The maximum absolute atomic E-state index is 12.6. The molecule has 2 rings (SSSR count). The summed E-state index contributed by atoms with van der Waals surface area (Å²) < 4.78 is 0. The number of rotatable bonds is 2. The van der Waals surface area contributed by atoms with E-state index in [1.54, 1.807) is 18.2 Å². The smallest absolute Gasteiger partial charge is 0.256 e. The van der Waals surface area contributed by atoms with Gasteiger partial charge in [-0.25, -0.2) is 0 Å². The van der Waals surface area contributed by atoms with Crippen LogP contribution in [0.4, 0.5) is 5.69 Å². The number of likely N-dealkylation sites (tertiary alicyclic amines) is 1. The first kappa shape index (κ1) is 14.2. The van der Waals surface area contributed by atoms with Gasteiger partial charge in [-0.3, -0.25) is 10.6 Å². The van der Waals surface area contributed by atoms with Crippen molar-refractivity contribution < 1.29 is 4.79 Å². The molecule has 5 heteroatoms. The first-order valence-corrected chi connectivity index (χ1v) is 6.98. The van der Waals surface area contributed by atoms with E-state index in [0.717, 1.165) is 19.4 Å². The van der Waals surface area contributed by atoms with Gasteiger partial charge in [0.2, 0.25) is 0 Å². The lowest BCUT2D eigenvalue weighted by atomic mass is 9.92. The lowest BCUT2D eigenvalue weighted by Crippen LogP contribution is -2.44. The molecule has 1 heterocycles. The first-order valence-electron chi connectivity index (χ1n) is 6.60. The van der Waals surface area contributed by atoms with Crippen LogP contribution in [0, 0.1) is 5.92 Å². The van der Waals surface area contributed by atoms with Crippen LogP contribution in [-0.2, 0) is 0 Å². The first-order chi connectivity index (χ1) is 9.02. The average Bonchev–Trinajstić information content (AvgIpc) is 2.38. The van der Waals surface area contributed by atoms with Crippen molar-refractivity contribution >= 4 is 23.2 Å². The molecule has 104 valence electrons. The van der Waals surface area contributed by atoms with Gasteiger partial charge in [-0.2, -0.15) is 0 Å². The Morgan fingerprint density at radius 1 is 1.47 bits per heavy atom. The second-order valence-corrected chi connectivity index (χ2v) is 5.75. The fourth-order valence-corrected chi connectivity index (χ4v) is 2.86. The van der Waals surface area contributed by atoms with E-state index in [1.165, 1.54) is 0 Å². The van der Waals surface area contributed by atoms with E-state index in [0.29, 0.717) is 22.2 Å². The summed E-state index contributed by atoms with van der Waals surface area (Å²) in [5, 5.41) is 0.542. The van der Waals surface area contributed by atoms with Crippen molar-refractivity contribution in [2.45, 2.75) is 32.7 Å². The van der Waals surface area contributed by atoms with Gasteiger partial charge in [-0.05, 0) is 43.9 Å². The number of nitrogens with two attached hydrogens (primary N) is 1. The highest BCUT2D eigenvalue weighted by atomic mass is 35.5. The molecular weight excluding hydrogens is 262 g/mol. The van der Waals surface area contributed by atoms with E-state index in [9.17, 15) is 4.79 Å². The summed E-state index contributed by atoms with van der Waals surface area (Å²) in [5.41, 5.74) is 3.71. The Morgan fingerprint density at radius 3 is 2.84 bits per heavy atom. The Balaban J connectivity index is 2.26. The second kappa shape index (κ2) is 5.80. The monoisotopic (exact) mass is 281 g/mol. The van der Waals surface area contributed by atoms with Gasteiger partial charge in [0.05, 0.1) is 11.3 Å². The zero-order valence-electron chi connectivity index (χ0n) is 11.3. The summed E-state index contributed by atoms with van der Waals surface area (Å²) in [5.74, 6) is 6.13. The summed E-state index contributed by atoms with van der Waals surface area (Å²) in [6, 6.07) is 5.37. The number of piperidine rings is 1. The van der Waals surface area contributed by atoms with Crippen molar-refractivity contribution in [2.75, 3.05) is 12.0 Å². The highest BCUT2D eigenvalue weighted by Crippen LogP contribution is 2.27. The van der Waals surface area contributed by atoms with Gasteiger partial charge in [-0.15, -0.1) is 0 Å². The van der Waals surface area contributed by atoms with Crippen LogP contribution < -0.4 is 11.3 Å². The van der Waals surface area contributed by atoms with Crippen molar-refractivity contribution in [1.29, 1.82) is 0 Å². The third-order valence-electron chi connectivity index (χ3n) is 3.77. The molecule has 1 saturated heterocycles. The lowest BCUT2D eigenvalue weighted by Gasteiger charge is -2.36. The number of nitrogens with one attached hydrogen (secondary N) is 1. The number of nitrogens with zero attached hydrogens (tertiary/aromatic N) is 1. The number of benzene rings is 1. The van der Waals surface area contributed by atoms with E-state index in [2.05, 4.69) is 19.3 Å². The molecular formula is C14H20ClN3O. The van der Waals surface area contributed by atoms with Gasteiger partial charge < -0.3 is 10.3 Å². The summed E-state index contributed by atoms with van der Waals surface area (Å²) >= 11 is 5.98. The predicted molar refractivity (Wildman–Crippen MR) is 78.2 cm³/mol. The Labute approximate surface area is 118 Å². The second-order valence-electron chi connectivity index (χ2n) is 5.31. The van der Waals surface area contributed by atoms with E-state index >= 15 is 0 Å². The van der Waals surface area contributed by atoms with Crippen LogP contribution in [0.25, 0.3) is 0 Å². The van der Waals surface area contributed by atoms with Crippen LogP contribution in [-0.4, -0.2) is 23.4 Å². The highest BCUT2D eigenvalue weighted by Gasteiger charge is 2.28. The normalized spacial score (nSPS) is 23.3. The molecule has 0 bridgehead atoms. The topological polar surface area (TPSA) is 58.4 Å². The molecule has 2 unspecified atom stereocenters. The number of amides is 1. The van der Waals surface area contributed by atoms with Gasteiger partial charge in [0, 0.05) is 17.6 Å². The molecule has 4 nitrogen and oxygen atoms in total. The third-order valence-corrected chi connectivity index (χ3v) is 4.00. The van der Waals surface area contributed by atoms with Gasteiger partial charge in [0.1, 0.15) is 0 Å². The van der Waals surface area contributed by atoms with Crippen LogP contribution in [0.1, 0.15) is 37.0 Å². The molecule has 1 aliphatic heterocycles. The van der Waals surface area contributed by atoms with Gasteiger partial charge in [-0.1, -0.05) is 18.5 Å². The number of anilines is 1. The van der Waals surface area contributed by atoms with Crippen LogP contribution in [0.5, 0.6) is 0 Å². The fourth-order valence-electron chi connectivity index (χ4n) is 2.68. The quantitative estimate of drug-likeness (QED) is 0.647. The van der Waals surface area contributed by atoms with Gasteiger partial charge in [0.25, 0.3) is 5.91 Å². The Bertz CT molecular complexity index is 478. The van der Waals surface area contributed by atoms with E-state index in [-0.39, 0.29) is 11.9 Å².